The lowest BCUT2D eigenvalue weighted by Crippen LogP contribution is -2.41. The van der Waals surface area contributed by atoms with Gasteiger partial charge in [-0.25, -0.2) is 18.4 Å². The first-order valence-corrected chi connectivity index (χ1v) is 14.1. The van der Waals surface area contributed by atoms with Crippen molar-refractivity contribution in [1.82, 2.24) is 9.97 Å². The number of hydrogen-bond donors (Lipinski definition) is 1. The van der Waals surface area contributed by atoms with Crippen molar-refractivity contribution in [1.29, 1.82) is 0 Å². The Bertz CT molecular complexity index is 1200. The maximum absolute atomic E-state index is 13.4. The molecule has 1 saturated carbocycles. The van der Waals surface area contributed by atoms with Crippen molar-refractivity contribution in [2.24, 2.45) is 5.41 Å². The number of rotatable bonds is 6. The summed E-state index contributed by atoms with van der Waals surface area (Å²) in [6.07, 6.45) is 4.73. The van der Waals surface area contributed by atoms with E-state index >= 15 is 0 Å². The molecule has 0 aromatic carbocycles. The number of nitrogens with zero attached hydrogens (tertiary/aromatic N) is 4. The maximum Gasteiger partial charge on any atom is 0.260 e. The van der Waals surface area contributed by atoms with Crippen molar-refractivity contribution < 1.29 is 17.9 Å². The zero-order valence-corrected chi connectivity index (χ0v) is 21.2. The van der Waals surface area contributed by atoms with Crippen molar-refractivity contribution in [3.05, 3.63) is 35.9 Å². The topological polar surface area (TPSA) is 105 Å². The number of carbonyl (C=O) groups excluding carboxylic acids is 1. The van der Waals surface area contributed by atoms with E-state index in [0.717, 1.165) is 44.8 Å². The lowest BCUT2D eigenvalue weighted by atomic mass is 9.93. The van der Waals surface area contributed by atoms with Crippen LogP contribution >= 0.6 is 0 Å². The van der Waals surface area contributed by atoms with Crippen LogP contribution in [0.25, 0.3) is 0 Å². The normalized spacial score (nSPS) is 21.7. The van der Waals surface area contributed by atoms with Gasteiger partial charge >= 0.3 is 0 Å². The molecular weight excluding hydrogens is 466 g/mol. The second kappa shape index (κ2) is 9.39. The van der Waals surface area contributed by atoms with Crippen LogP contribution in [0.4, 0.5) is 17.5 Å². The predicted octanol–water partition coefficient (Wildman–Crippen LogP) is 3.13. The fraction of sp³-hybridized carbons (Fsp3) is 0.560. The number of morpholine rings is 1. The van der Waals surface area contributed by atoms with Crippen molar-refractivity contribution in [2.45, 2.75) is 50.7 Å². The average molecular weight is 500 g/mol. The van der Waals surface area contributed by atoms with E-state index in [0.29, 0.717) is 29.2 Å². The van der Waals surface area contributed by atoms with E-state index in [4.69, 9.17) is 4.74 Å². The van der Waals surface area contributed by atoms with E-state index in [1.807, 2.05) is 19.1 Å². The summed E-state index contributed by atoms with van der Waals surface area (Å²) in [4.78, 5) is 26.7. The van der Waals surface area contributed by atoms with Gasteiger partial charge in [-0.05, 0) is 62.3 Å². The smallest absolute Gasteiger partial charge is 0.260 e. The Labute approximate surface area is 206 Å². The molecule has 9 nitrogen and oxygen atoms in total. The zero-order valence-electron chi connectivity index (χ0n) is 20.4. The number of piperidine rings is 1. The number of sulfone groups is 1. The van der Waals surface area contributed by atoms with Crippen LogP contribution in [0.15, 0.2) is 35.4 Å². The molecule has 0 bridgehead atoms. The molecule has 4 heterocycles. The summed E-state index contributed by atoms with van der Waals surface area (Å²) in [5.74, 6) is 1.28. The molecule has 1 aliphatic carbocycles. The highest BCUT2D eigenvalue weighted by Crippen LogP contribution is 2.54. The highest BCUT2D eigenvalue weighted by Gasteiger charge is 2.45. The highest BCUT2D eigenvalue weighted by atomic mass is 32.2. The number of pyridine rings is 2. The minimum absolute atomic E-state index is 0.0137. The van der Waals surface area contributed by atoms with Crippen molar-refractivity contribution >= 4 is 33.2 Å². The number of amides is 1. The van der Waals surface area contributed by atoms with E-state index in [9.17, 15) is 13.2 Å². The first-order valence-electron chi connectivity index (χ1n) is 12.4. The molecule has 2 aromatic heterocycles. The molecule has 2 aromatic rings. The van der Waals surface area contributed by atoms with Crippen LogP contribution in [-0.4, -0.2) is 68.9 Å². The highest BCUT2D eigenvalue weighted by molar-refractivity contribution is 7.91. The Morgan fingerprint density at radius 1 is 1.09 bits per heavy atom. The summed E-state index contributed by atoms with van der Waals surface area (Å²) in [6, 6.07) is 8.56. The number of hydrogen-bond acceptors (Lipinski definition) is 8. The first-order chi connectivity index (χ1) is 16.8. The van der Waals surface area contributed by atoms with E-state index in [2.05, 4.69) is 25.1 Å². The molecule has 35 heavy (non-hydrogen) atoms. The van der Waals surface area contributed by atoms with Crippen LogP contribution in [-0.2, 0) is 14.6 Å². The number of ether oxygens (including phenoxy) is 1. The van der Waals surface area contributed by atoms with Gasteiger partial charge < -0.3 is 19.9 Å². The molecule has 5 rings (SSSR count). The molecule has 0 unspecified atom stereocenters. The molecular formula is C25H33N5O4S. The summed E-state index contributed by atoms with van der Waals surface area (Å²) in [6.45, 7) is 7.29. The van der Waals surface area contributed by atoms with Gasteiger partial charge in [0.1, 0.15) is 17.5 Å². The molecule has 1 spiro atoms. The Morgan fingerprint density at radius 3 is 2.54 bits per heavy atom. The lowest BCUT2D eigenvalue weighted by Gasteiger charge is -2.34. The number of aromatic nitrogens is 2. The van der Waals surface area contributed by atoms with Crippen LogP contribution in [0, 0.1) is 5.41 Å². The predicted molar refractivity (Wildman–Crippen MR) is 135 cm³/mol. The monoisotopic (exact) mass is 499 g/mol. The molecule has 0 radical (unpaired) electrons. The van der Waals surface area contributed by atoms with E-state index in [-0.39, 0.29) is 22.8 Å². The molecule has 3 fully saturated rings. The quantitative estimate of drug-likeness (QED) is 0.646. The number of carbonyl (C=O) groups is 1. The molecule has 1 N–H and O–H groups in total. The second-order valence-corrected chi connectivity index (χ2v) is 12.1. The summed E-state index contributed by atoms with van der Waals surface area (Å²) >= 11 is 0. The minimum Gasteiger partial charge on any atom is -0.375 e. The van der Waals surface area contributed by atoms with Gasteiger partial charge in [-0.15, -0.1) is 0 Å². The summed E-state index contributed by atoms with van der Waals surface area (Å²) in [7, 11) is -3.49. The standard InChI is InChI=1S/C25H33N5O4S/c1-3-35(32,33)22-8-7-19(23(28-22)29-13-11-25(9-10-25)12-14-29)24(31)27-20-5-4-6-21(26-20)30-15-16-34-18(2)17-30/h4-8,18H,3,9-17H2,1-2H3,(H,26,27,31)/t18-/m1/s1. The Morgan fingerprint density at radius 2 is 1.86 bits per heavy atom. The summed E-state index contributed by atoms with van der Waals surface area (Å²) in [5, 5.41) is 2.92. The summed E-state index contributed by atoms with van der Waals surface area (Å²) in [5.41, 5.74) is 0.812. The molecule has 2 saturated heterocycles. The van der Waals surface area contributed by atoms with E-state index < -0.39 is 9.84 Å². The van der Waals surface area contributed by atoms with E-state index in [1.165, 1.54) is 18.9 Å². The minimum atomic E-state index is -3.49. The number of nitrogens with one attached hydrogen (secondary N) is 1. The molecule has 10 heteroatoms. The van der Waals surface area contributed by atoms with Crippen molar-refractivity contribution in [3.63, 3.8) is 0 Å². The lowest BCUT2D eigenvalue weighted by molar-refractivity contribution is 0.0529. The fourth-order valence-electron chi connectivity index (χ4n) is 4.92. The van der Waals surface area contributed by atoms with E-state index in [1.54, 1.807) is 19.1 Å². The number of anilines is 3. The van der Waals surface area contributed by atoms with Crippen molar-refractivity contribution in [2.75, 3.05) is 53.7 Å². The third-order valence-corrected chi connectivity index (χ3v) is 9.04. The Kier molecular flexibility index (Phi) is 6.43. The van der Waals surface area contributed by atoms with Gasteiger partial charge in [-0.2, -0.15) is 0 Å². The summed E-state index contributed by atoms with van der Waals surface area (Å²) < 4.78 is 30.7. The van der Waals surface area contributed by atoms with Gasteiger partial charge in [0.2, 0.25) is 0 Å². The Hall–Kier alpha value is -2.72. The molecule has 1 atom stereocenters. The largest absolute Gasteiger partial charge is 0.375 e. The van der Waals surface area contributed by atoms with Gasteiger partial charge in [-0.1, -0.05) is 13.0 Å². The second-order valence-electron chi connectivity index (χ2n) is 9.87. The molecule has 3 aliphatic rings. The maximum atomic E-state index is 13.4. The first kappa shape index (κ1) is 24.0. The SMILES string of the molecule is CCS(=O)(=O)c1ccc(C(=O)Nc2cccc(N3CCO[C@H](C)C3)n2)c(N2CCC3(CC2)CC3)n1. The van der Waals surface area contributed by atoms with Crippen LogP contribution in [0.1, 0.15) is 49.9 Å². The zero-order chi connectivity index (χ0) is 24.6. The van der Waals surface area contributed by atoms with Crippen LogP contribution in [0.5, 0.6) is 0 Å². The van der Waals surface area contributed by atoms with Crippen LogP contribution in [0.2, 0.25) is 0 Å². The van der Waals surface area contributed by atoms with Crippen LogP contribution < -0.4 is 15.1 Å². The van der Waals surface area contributed by atoms with Gasteiger partial charge in [-0.3, -0.25) is 4.79 Å². The van der Waals surface area contributed by atoms with Crippen molar-refractivity contribution in [3.8, 4) is 0 Å². The van der Waals surface area contributed by atoms with Crippen LogP contribution in [0.3, 0.4) is 0 Å². The van der Waals surface area contributed by atoms with Gasteiger partial charge in [0.25, 0.3) is 5.91 Å². The van der Waals surface area contributed by atoms with Gasteiger partial charge in [0.15, 0.2) is 14.9 Å². The molecule has 1 amide bonds. The fourth-order valence-corrected chi connectivity index (χ4v) is 5.72. The Balaban J connectivity index is 1.40. The third kappa shape index (κ3) is 5.13. The molecule has 188 valence electrons. The molecule has 2 aliphatic heterocycles. The third-order valence-electron chi connectivity index (χ3n) is 7.41. The van der Waals surface area contributed by atoms with Gasteiger partial charge in [0, 0.05) is 26.2 Å². The average Bonchev–Trinajstić information content (AvgIpc) is 3.63. The van der Waals surface area contributed by atoms with Gasteiger partial charge in [0.05, 0.1) is 24.0 Å².